The molecule has 0 aliphatic heterocycles. The van der Waals surface area contributed by atoms with Gasteiger partial charge in [-0.2, -0.15) is 0 Å². The Morgan fingerprint density at radius 2 is 1.81 bits per heavy atom. The van der Waals surface area contributed by atoms with Gasteiger partial charge in [-0.1, -0.05) is 35.7 Å². The molecule has 0 saturated heterocycles. The first-order chi connectivity index (χ1) is 10.1. The predicted molar refractivity (Wildman–Crippen MR) is 80.4 cm³/mol. The van der Waals surface area contributed by atoms with Crippen LogP contribution in [0.4, 0.5) is 5.69 Å². The molecule has 0 atom stereocenters. The Morgan fingerprint density at radius 3 is 2.48 bits per heavy atom. The largest absolute Gasteiger partial charge is 0.478 e. The van der Waals surface area contributed by atoms with Crippen LogP contribution in [0, 0.1) is 11.8 Å². The normalized spacial score (nSPS) is 9.38. The van der Waals surface area contributed by atoms with Crippen LogP contribution in [0.15, 0.2) is 48.5 Å². The van der Waals surface area contributed by atoms with Crippen LogP contribution in [0.2, 0.25) is 5.02 Å². The van der Waals surface area contributed by atoms with E-state index in [0.29, 0.717) is 5.69 Å². The molecule has 0 unspecified atom stereocenters. The number of anilines is 1. The van der Waals surface area contributed by atoms with Crippen LogP contribution in [-0.4, -0.2) is 17.0 Å². The minimum absolute atomic E-state index is 0.0783. The van der Waals surface area contributed by atoms with E-state index in [1.165, 1.54) is 18.2 Å². The molecule has 1 amide bonds. The smallest absolute Gasteiger partial charge is 0.337 e. The summed E-state index contributed by atoms with van der Waals surface area (Å²) in [4.78, 5) is 22.6. The van der Waals surface area contributed by atoms with Crippen molar-refractivity contribution in [1.82, 2.24) is 0 Å². The van der Waals surface area contributed by atoms with Gasteiger partial charge < -0.3 is 10.4 Å². The van der Waals surface area contributed by atoms with Crippen LogP contribution in [0.5, 0.6) is 0 Å². The SMILES string of the molecule is O=C(C#Cc1ccccc1)Nc1ccc(Cl)c(C(=O)O)c1. The Kier molecular flexibility index (Phi) is 4.60. The zero-order chi connectivity index (χ0) is 15.2. The third-order valence-corrected chi connectivity index (χ3v) is 2.88. The van der Waals surface area contributed by atoms with Gasteiger partial charge >= 0.3 is 11.9 Å². The molecule has 4 nitrogen and oxygen atoms in total. The van der Waals surface area contributed by atoms with Gasteiger partial charge in [0.1, 0.15) is 0 Å². The molecule has 2 aromatic rings. The second-order valence-corrected chi connectivity index (χ2v) is 4.48. The summed E-state index contributed by atoms with van der Waals surface area (Å²) in [5, 5.41) is 11.6. The van der Waals surface area contributed by atoms with Gasteiger partial charge in [-0.3, -0.25) is 4.79 Å². The molecule has 5 heteroatoms. The summed E-state index contributed by atoms with van der Waals surface area (Å²) in [6.07, 6.45) is 0. The fraction of sp³-hybridized carbons (Fsp3) is 0. The molecule has 2 aromatic carbocycles. The average Bonchev–Trinajstić information content (AvgIpc) is 2.48. The highest BCUT2D eigenvalue weighted by Gasteiger charge is 2.10. The molecule has 104 valence electrons. The number of carbonyl (C=O) groups is 2. The molecule has 2 rings (SSSR count). The minimum atomic E-state index is -1.16. The molecule has 0 saturated carbocycles. The number of aromatic carboxylic acids is 1. The van der Waals surface area contributed by atoms with E-state index in [1.54, 1.807) is 12.1 Å². The van der Waals surface area contributed by atoms with E-state index in [-0.39, 0.29) is 10.6 Å². The fourth-order valence-corrected chi connectivity index (χ4v) is 1.78. The Labute approximate surface area is 126 Å². The van der Waals surface area contributed by atoms with Gasteiger partial charge in [-0.05, 0) is 30.3 Å². The first-order valence-corrected chi connectivity index (χ1v) is 6.35. The second kappa shape index (κ2) is 6.60. The number of benzene rings is 2. The monoisotopic (exact) mass is 299 g/mol. The van der Waals surface area contributed by atoms with E-state index in [9.17, 15) is 9.59 Å². The lowest BCUT2D eigenvalue weighted by molar-refractivity contribution is -0.111. The number of amides is 1. The summed E-state index contributed by atoms with van der Waals surface area (Å²) >= 11 is 5.75. The molecular weight excluding hydrogens is 290 g/mol. The van der Waals surface area contributed by atoms with Crippen LogP contribution >= 0.6 is 11.6 Å². The minimum Gasteiger partial charge on any atom is -0.478 e. The summed E-state index contributed by atoms with van der Waals surface area (Å²) < 4.78 is 0. The first kappa shape index (κ1) is 14.6. The zero-order valence-electron chi connectivity index (χ0n) is 10.8. The van der Waals surface area contributed by atoms with Crippen molar-refractivity contribution in [1.29, 1.82) is 0 Å². The van der Waals surface area contributed by atoms with Crippen LogP contribution < -0.4 is 5.32 Å². The molecule has 0 aliphatic carbocycles. The maximum absolute atomic E-state index is 11.7. The van der Waals surface area contributed by atoms with Crippen LogP contribution in [0.3, 0.4) is 0 Å². The van der Waals surface area contributed by atoms with E-state index in [1.807, 2.05) is 18.2 Å². The first-order valence-electron chi connectivity index (χ1n) is 5.97. The van der Waals surface area contributed by atoms with Gasteiger partial charge in [-0.25, -0.2) is 4.79 Å². The molecule has 0 aromatic heterocycles. The van der Waals surface area contributed by atoms with Crippen molar-refractivity contribution in [2.75, 3.05) is 5.32 Å². The molecule has 0 fully saturated rings. The standard InChI is InChI=1S/C16H10ClNO3/c17-14-8-7-12(10-13(14)16(20)21)18-15(19)9-6-11-4-2-1-3-5-11/h1-5,7-8,10H,(H,18,19)(H,20,21). The van der Waals surface area contributed by atoms with Crippen LogP contribution in [-0.2, 0) is 4.79 Å². The second-order valence-electron chi connectivity index (χ2n) is 4.07. The number of hydrogen-bond donors (Lipinski definition) is 2. The molecule has 0 radical (unpaired) electrons. The lowest BCUT2D eigenvalue weighted by Crippen LogP contribution is -2.09. The summed E-state index contributed by atoms with van der Waals surface area (Å²) in [5.41, 5.74) is 0.963. The van der Waals surface area contributed by atoms with Crippen molar-refractivity contribution in [3.63, 3.8) is 0 Å². The molecule has 0 aliphatic rings. The van der Waals surface area contributed by atoms with Gasteiger partial charge in [0, 0.05) is 17.2 Å². The van der Waals surface area contributed by atoms with Crippen LogP contribution in [0.25, 0.3) is 0 Å². The molecule has 2 N–H and O–H groups in total. The highest BCUT2D eigenvalue weighted by molar-refractivity contribution is 6.33. The molecular formula is C16H10ClNO3. The summed E-state index contributed by atoms with van der Waals surface area (Å²) in [5.74, 6) is 3.45. The highest BCUT2D eigenvalue weighted by Crippen LogP contribution is 2.20. The number of nitrogens with one attached hydrogen (secondary N) is 1. The van der Waals surface area contributed by atoms with Gasteiger partial charge in [0.25, 0.3) is 0 Å². The van der Waals surface area contributed by atoms with E-state index in [0.717, 1.165) is 5.56 Å². The van der Waals surface area contributed by atoms with Crippen LogP contribution in [0.1, 0.15) is 15.9 Å². The van der Waals surface area contributed by atoms with Crippen molar-refractivity contribution >= 4 is 29.2 Å². The Hall–Kier alpha value is -2.77. The van der Waals surface area contributed by atoms with Crippen molar-refractivity contribution in [2.45, 2.75) is 0 Å². The zero-order valence-corrected chi connectivity index (χ0v) is 11.5. The van der Waals surface area contributed by atoms with E-state index < -0.39 is 11.9 Å². The Bertz CT molecular complexity index is 745. The van der Waals surface area contributed by atoms with Crippen molar-refractivity contribution < 1.29 is 14.7 Å². The van der Waals surface area contributed by atoms with Gasteiger partial charge in [0.2, 0.25) is 0 Å². The number of hydrogen-bond acceptors (Lipinski definition) is 2. The maximum atomic E-state index is 11.7. The predicted octanol–water partition coefficient (Wildman–Crippen LogP) is 3.03. The van der Waals surface area contributed by atoms with E-state index in [4.69, 9.17) is 16.7 Å². The molecule has 0 heterocycles. The lowest BCUT2D eigenvalue weighted by Gasteiger charge is -2.04. The number of carbonyl (C=O) groups excluding carboxylic acids is 1. The quantitative estimate of drug-likeness (QED) is 0.838. The third-order valence-electron chi connectivity index (χ3n) is 2.55. The number of halogens is 1. The Balaban J connectivity index is 2.12. The summed E-state index contributed by atoms with van der Waals surface area (Å²) in [7, 11) is 0. The topological polar surface area (TPSA) is 66.4 Å². The molecule has 0 spiro atoms. The summed E-state index contributed by atoms with van der Waals surface area (Å²) in [6, 6.07) is 13.3. The van der Waals surface area contributed by atoms with Gasteiger partial charge in [0.05, 0.1) is 10.6 Å². The van der Waals surface area contributed by atoms with Crippen molar-refractivity contribution in [3.05, 3.63) is 64.7 Å². The lowest BCUT2D eigenvalue weighted by atomic mass is 10.2. The fourth-order valence-electron chi connectivity index (χ4n) is 1.58. The average molecular weight is 300 g/mol. The third kappa shape index (κ3) is 4.10. The van der Waals surface area contributed by atoms with E-state index in [2.05, 4.69) is 17.2 Å². The van der Waals surface area contributed by atoms with Gasteiger partial charge in [0.15, 0.2) is 0 Å². The maximum Gasteiger partial charge on any atom is 0.337 e. The highest BCUT2D eigenvalue weighted by atomic mass is 35.5. The van der Waals surface area contributed by atoms with Crippen molar-refractivity contribution in [3.8, 4) is 11.8 Å². The summed E-state index contributed by atoms with van der Waals surface area (Å²) in [6.45, 7) is 0. The van der Waals surface area contributed by atoms with Crippen molar-refractivity contribution in [2.24, 2.45) is 0 Å². The number of rotatable bonds is 2. The van der Waals surface area contributed by atoms with Gasteiger partial charge in [-0.15, -0.1) is 0 Å². The van der Waals surface area contributed by atoms with E-state index >= 15 is 0 Å². The molecule has 0 bridgehead atoms. The number of carboxylic acid groups (broad SMARTS) is 1. The number of carboxylic acids is 1. The Morgan fingerprint density at radius 1 is 1.10 bits per heavy atom. The molecule has 21 heavy (non-hydrogen) atoms.